The number of hydrogen-bond acceptors (Lipinski definition) is 3. The van der Waals surface area contributed by atoms with E-state index in [9.17, 15) is 0 Å². The van der Waals surface area contributed by atoms with Crippen molar-refractivity contribution < 1.29 is 0 Å². The van der Waals surface area contributed by atoms with E-state index in [1.54, 1.807) is 12.4 Å². The van der Waals surface area contributed by atoms with Gasteiger partial charge in [-0.15, -0.1) is 0 Å². The van der Waals surface area contributed by atoms with Gasteiger partial charge in [-0.1, -0.05) is 13.3 Å². The molecule has 0 aromatic carbocycles. The van der Waals surface area contributed by atoms with Gasteiger partial charge in [-0.25, -0.2) is 0 Å². The van der Waals surface area contributed by atoms with Crippen molar-refractivity contribution in [1.82, 2.24) is 4.98 Å². The average molecular weight is 191 g/mol. The Morgan fingerprint density at radius 1 is 1.57 bits per heavy atom. The summed E-state index contributed by atoms with van der Waals surface area (Å²) in [5, 5.41) is 0. The van der Waals surface area contributed by atoms with Gasteiger partial charge in [0.15, 0.2) is 0 Å². The van der Waals surface area contributed by atoms with Crippen LogP contribution in [0, 0.1) is 5.92 Å². The highest BCUT2D eigenvalue weighted by atomic mass is 15.2. The molecular weight excluding hydrogens is 174 g/mol. The lowest BCUT2D eigenvalue weighted by atomic mass is 9.94. The number of aromatic nitrogens is 1. The van der Waals surface area contributed by atoms with Gasteiger partial charge in [0.05, 0.1) is 17.6 Å². The van der Waals surface area contributed by atoms with Gasteiger partial charge in [-0.3, -0.25) is 4.98 Å². The van der Waals surface area contributed by atoms with Gasteiger partial charge in [-0.2, -0.15) is 0 Å². The van der Waals surface area contributed by atoms with E-state index < -0.39 is 0 Å². The minimum absolute atomic E-state index is 0.794. The summed E-state index contributed by atoms with van der Waals surface area (Å²) in [5.41, 5.74) is 7.79. The largest absolute Gasteiger partial charge is 0.396 e. The predicted molar refractivity (Wildman–Crippen MR) is 59.3 cm³/mol. The Bertz CT molecular complexity index is 305. The molecule has 2 heterocycles. The molecule has 14 heavy (non-hydrogen) atoms. The lowest BCUT2D eigenvalue weighted by Gasteiger charge is -2.41. The van der Waals surface area contributed by atoms with Gasteiger partial charge >= 0.3 is 0 Å². The van der Waals surface area contributed by atoms with Gasteiger partial charge in [-0.05, 0) is 18.4 Å². The second kappa shape index (κ2) is 3.86. The Morgan fingerprint density at radius 2 is 2.36 bits per heavy atom. The first-order valence-electron chi connectivity index (χ1n) is 5.25. The summed E-state index contributed by atoms with van der Waals surface area (Å²) in [6.45, 7) is 4.55. The van der Waals surface area contributed by atoms with E-state index >= 15 is 0 Å². The molecule has 76 valence electrons. The smallest absolute Gasteiger partial charge is 0.0738 e. The number of rotatable bonds is 3. The maximum absolute atomic E-state index is 5.85. The molecule has 1 aliphatic heterocycles. The van der Waals surface area contributed by atoms with E-state index in [0.717, 1.165) is 30.4 Å². The van der Waals surface area contributed by atoms with Crippen LogP contribution in [0.15, 0.2) is 18.5 Å². The van der Waals surface area contributed by atoms with Gasteiger partial charge in [0, 0.05) is 19.3 Å². The molecule has 2 N–H and O–H groups in total. The molecule has 0 bridgehead atoms. The Morgan fingerprint density at radius 3 is 3.00 bits per heavy atom. The first-order valence-corrected chi connectivity index (χ1v) is 5.25. The molecule has 3 nitrogen and oxygen atoms in total. The number of nitrogen functional groups attached to an aromatic ring is 1. The molecule has 1 aliphatic rings. The van der Waals surface area contributed by atoms with Crippen LogP contribution in [0.5, 0.6) is 0 Å². The van der Waals surface area contributed by atoms with Crippen LogP contribution >= 0.6 is 0 Å². The molecule has 0 amide bonds. The molecule has 0 atom stereocenters. The molecule has 2 rings (SSSR count). The first-order chi connectivity index (χ1) is 6.81. The summed E-state index contributed by atoms with van der Waals surface area (Å²) >= 11 is 0. The Labute approximate surface area is 84.9 Å². The van der Waals surface area contributed by atoms with Crippen LogP contribution < -0.4 is 10.6 Å². The fraction of sp³-hybridized carbons (Fsp3) is 0.545. The lowest BCUT2D eigenvalue weighted by molar-refractivity contribution is 0.381. The third-order valence-electron chi connectivity index (χ3n) is 2.82. The van der Waals surface area contributed by atoms with Crippen molar-refractivity contribution in [2.24, 2.45) is 5.92 Å². The van der Waals surface area contributed by atoms with E-state index in [2.05, 4.69) is 16.8 Å². The third kappa shape index (κ3) is 1.67. The highest BCUT2D eigenvalue weighted by Gasteiger charge is 2.26. The van der Waals surface area contributed by atoms with Crippen molar-refractivity contribution in [3.8, 4) is 0 Å². The van der Waals surface area contributed by atoms with Crippen LogP contribution in [0.3, 0.4) is 0 Å². The van der Waals surface area contributed by atoms with Crippen molar-refractivity contribution in [3.05, 3.63) is 18.5 Å². The van der Waals surface area contributed by atoms with E-state index in [0.29, 0.717) is 0 Å². The molecule has 1 saturated heterocycles. The Kier molecular flexibility index (Phi) is 2.57. The summed E-state index contributed by atoms with van der Waals surface area (Å²) in [7, 11) is 0. The third-order valence-corrected chi connectivity index (χ3v) is 2.82. The van der Waals surface area contributed by atoms with Crippen molar-refractivity contribution in [2.75, 3.05) is 23.7 Å². The zero-order chi connectivity index (χ0) is 9.97. The molecule has 0 unspecified atom stereocenters. The minimum Gasteiger partial charge on any atom is -0.396 e. The SMILES string of the molecule is CCCC1CN(c2ccncc2N)C1. The molecule has 3 heteroatoms. The fourth-order valence-electron chi connectivity index (χ4n) is 2.04. The molecule has 1 fully saturated rings. The first kappa shape index (κ1) is 9.31. The maximum Gasteiger partial charge on any atom is 0.0738 e. The van der Waals surface area contributed by atoms with E-state index in [-0.39, 0.29) is 0 Å². The van der Waals surface area contributed by atoms with Gasteiger partial charge in [0.25, 0.3) is 0 Å². The molecule has 0 aliphatic carbocycles. The highest BCUT2D eigenvalue weighted by molar-refractivity contribution is 5.67. The quantitative estimate of drug-likeness (QED) is 0.793. The zero-order valence-corrected chi connectivity index (χ0v) is 8.61. The topological polar surface area (TPSA) is 42.2 Å². The summed E-state index contributed by atoms with van der Waals surface area (Å²) in [6, 6.07) is 2.00. The standard InChI is InChI=1S/C11H17N3/c1-2-3-9-7-14(8-9)11-4-5-13-6-10(11)12/h4-6,9H,2-3,7-8,12H2,1H3. The lowest BCUT2D eigenvalue weighted by Crippen LogP contribution is -2.46. The van der Waals surface area contributed by atoms with Gasteiger partial charge in [0.1, 0.15) is 0 Å². The molecular formula is C11H17N3. The molecule has 0 spiro atoms. The number of pyridine rings is 1. The highest BCUT2D eigenvalue weighted by Crippen LogP contribution is 2.30. The summed E-state index contributed by atoms with van der Waals surface area (Å²) in [5.74, 6) is 0.868. The van der Waals surface area contributed by atoms with Crippen molar-refractivity contribution in [2.45, 2.75) is 19.8 Å². The normalized spacial score (nSPS) is 16.8. The molecule has 1 aromatic rings. The van der Waals surface area contributed by atoms with Crippen LogP contribution in [0.4, 0.5) is 11.4 Å². The van der Waals surface area contributed by atoms with Crippen molar-refractivity contribution >= 4 is 11.4 Å². The summed E-state index contributed by atoms with van der Waals surface area (Å²) < 4.78 is 0. The van der Waals surface area contributed by atoms with Crippen molar-refractivity contribution in [3.63, 3.8) is 0 Å². The molecule has 0 saturated carbocycles. The van der Waals surface area contributed by atoms with E-state index in [4.69, 9.17) is 5.73 Å². The summed E-state index contributed by atoms with van der Waals surface area (Å²) in [6.07, 6.45) is 6.15. The van der Waals surface area contributed by atoms with E-state index in [1.165, 1.54) is 12.8 Å². The summed E-state index contributed by atoms with van der Waals surface area (Å²) in [4.78, 5) is 6.32. The molecule has 0 radical (unpaired) electrons. The van der Waals surface area contributed by atoms with Crippen LogP contribution in [0.25, 0.3) is 0 Å². The predicted octanol–water partition coefficient (Wildman–Crippen LogP) is 1.90. The monoisotopic (exact) mass is 191 g/mol. The number of nitrogens with zero attached hydrogens (tertiary/aromatic N) is 2. The number of anilines is 2. The van der Waals surface area contributed by atoms with Crippen LogP contribution in [-0.2, 0) is 0 Å². The average Bonchev–Trinajstić information content (AvgIpc) is 2.12. The zero-order valence-electron chi connectivity index (χ0n) is 8.61. The Balaban J connectivity index is 1.96. The number of hydrogen-bond donors (Lipinski definition) is 1. The maximum atomic E-state index is 5.85. The van der Waals surface area contributed by atoms with Crippen LogP contribution in [-0.4, -0.2) is 18.1 Å². The van der Waals surface area contributed by atoms with Crippen LogP contribution in [0.1, 0.15) is 19.8 Å². The second-order valence-corrected chi connectivity index (χ2v) is 3.99. The van der Waals surface area contributed by atoms with Crippen LogP contribution in [0.2, 0.25) is 0 Å². The van der Waals surface area contributed by atoms with E-state index in [1.807, 2.05) is 6.07 Å². The molecule has 1 aromatic heterocycles. The Hall–Kier alpha value is -1.25. The fourth-order valence-corrected chi connectivity index (χ4v) is 2.04. The number of nitrogens with two attached hydrogens (primary N) is 1. The van der Waals surface area contributed by atoms with Gasteiger partial charge < -0.3 is 10.6 Å². The van der Waals surface area contributed by atoms with Crippen molar-refractivity contribution in [1.29, 1.82) is 0 Å². The second-order valence-electron chi connectivity index (χ2n) is 3.99. The van der Waals surface area contributed by atoms with Gasteiger partial charge in [0.2, 0.25) is 0 Å². The minimum atomic E-state index is 0.794.